The number of hydrogen-bond acceptors (Lipinski definition) is 13. The van der Waals surface area contributed by atoms with E-state index in [9.17, 15) is 33.3 Å². The van der Waals surface area contributed by atoms with Crippen LogP contribution in [0.3, 0.4) is 0 Å². The summed E-state index contributed by atoms with van der Waals surface area (Å²) in [5, 5.41) is 12.6. The van der Waals surface area contributed by atoms with Crippen molar-refractivity contribution in [1.29, 1.82) is 0 Å². The van der Waals surface area contributed by atoms with Crippen molar-refractivity contribution >= 4 is 97.5 Å². The second kappa shape index (κ2) is 31.8. The third-order valence-corrected chi connectivity index (χ3v) is 28.1. The maximum absolute atomic E-state index is 13.5. The van der Waals surface area contributed by atoms with Crippen LogP contribution in [0.2, 0.25) is 15.1 Å². The number of aryl methyl sites for hydroxylation is 3. The topological polar surface area (TPSA) is 172 Å². The molecule has 6 aliphatic carbocycles. The Bertz CT molecular complexity index is 4270. The van der Waals surface area contributed by atoms with Gasteiger partial charge in [-0.1, -0.05) is 72.1 Å². The van der Waals surface area contributed by atoms with Crippen LogP contribution in [-0.2, 0) is 54.8 Å². The number of allylic oxidation sites excluding steroid dienone is 1. The molecule has 6 aromatic carbocycles. The summed E-state index contributed by atoms with van der Waals surface area (Å²) in [6, 6.07) is 35.7. The summed E-state index contributed by atoms with van der Waals surface area (Å²) in [5.74, 6) is 7.45. The Hall–Kier alpha value is -7.40. The maximum Gasteiger partial charge on any atom is 0.262 e. The van der Waals surface area contributed by atoms with E-state index in [0.717, 1.165) is 198 Å². The first kappa shape index (κ1) is 75.8. The molecule has 3 saturated carbocycles. The third-order valence-electron chi connectivity index (χ3n) is 25.2. The van der Waals surface area contributed by atoms with E-state index in [1.54, 1.807) is 32.1 Å². The number of anilines is 3. The van der Waals surface area contributed by atoms with Gasteiger partial charge in [0.15, 0.2) is 11.6 Å². The highest BCUT2D eigenvalue weighted by Crippen LogP contribution is 2.51. The largest absolute Gasteiger partial charge is 0.490 e. The van der Waals surface area contributed by atoms with Crippen LogP contribution in [0.1, 0.15) is 176 Å². The van der Waals surface area contributed by atoms with Gasteiger partial charge in [0.25, 0.3) is 5.91 Å². The number of ketones is 2. The van der Waals surface area contributed by atoms with E-state index in [1.807, 2.05) is 80.6 Å². The average Bonchev–Trinajstić information content (AvgIpc) is 1.65. The van der Waals surface area contributed by atoms with Gasteiger partial charge in [-0.15, -0.1) is 13.2 Å². The van der Waals surface area contributed by atoms with Crippen molar-refractivity contribution in [1.82, 2.24) is 4.72 Å². The third kappa shape index (κ3) is 15.8. The lowest BCUT2D eigenvalue weighted by Gasteiger charge is -2.45. The van der Waals surface area contributed by atoms with Crippen molar-refractivity contribution in [2.24, 2.45) is 41.4 Å². The van der Waals surface area contributed by atoms with Crippen LogP contribution in [0.25, 0.3) is 0 Å². The summed E-state index contributed by atoms with van der Waals surface area (Å²) < 4.78 is 35.7. The molecule has 556 valence electrons. The smallest absolute Gasteiger partial charge is 0.262 e. The van der Waals surface area contributed by atoms with E-state index in [4.69, 9.17) is 49.0 Å². The molecule has 15 rings (SSSR count). The van der Waals surface area contributed by atoms with Gasteiger partial charge in [-0.25, -0.2) is 4.21 Å². The molecule has 3 aliphatic heterocycles. The van der Waals surface area contributed by atoms with Gasteiger partial charge in [-0.2, -0.15) is 0 Å². The van der Waals surface area contributed by atoms with E-state index in [-0.39, 0.29) is 62.7 Å². The van der Waals surface area contributed by atoms with Crippen LogP contribution < -0.4 is 33.6 Å². The number of amides is 1. The van der Waals surface area contributed by atoms with Gasteiger partial charge in [-0.3, -0.25) is 19.1 Å². The molecule has 2 N–H and O–H groups in total. The molecule has 0 aromatic heterocycles. The molecule has 0 bridgehead atoms. The number of nitrogens with one attached hydrogen (secondary N) is 1. The predicted octanol–water partition coefficient (Wildman–Crippen LogP) is 16.8. The second-order valence-electron chi connectivity index (χ2n) is 31.8. The molecule has 3 fully saturated rings. The molecule has 3 heterocycles. The van der Waals surface area contributed by atoms with Crippen molar-refractivity contribution in [3.8, 4) is 17.2 Å². The molecule has 0 saturated heterocycles. The first-order valence-corrected chi connectivity index (χ1v) is 40.8. The summed E-state index contributed by atoms with van der Waals surface area (Å²) in [4.78, 5) is 67.8. The van der Waals surface area contributed by atoms with Gasteiger partial charge < -0.3 is 43.6 Å². The van der Waals surface area contributed by atoms with Crippen molar-refractivity contribution in [3.05, 3.63) is 200 Å². The minimum atomic E-state index is -2.90. The van der Waals surface area contributed by atoms with Gasteiger partial charge in [0.1, 0.15) is 29.8 Å². The Kier molecular flexibility index (Phi) is 23.0. The minimum absolute atomic E-state index is 0.0498. The molecule has 18 heteroatoms. The number of benzene rings is 6. The first-order chi connectivity index (χ1) is 50.4. The van der Waals surface area contributed by atoms with Gasteiger partial charge in [-0.05, 0) is 283 Å². The second-order valence-corrected chi connectivity index (χ2v) is 35.5. The first-order valence-electron chi connectivity index (χ1n) is 37.9. The van der Waals surface area contributed by atoms with Crippen LogP contribution in [0.4, 0.5) is 17.1 Å². The summed E-state index contributed by atoms with van der Waals surface area (Å²) in [6.07, 6.45) is 21.3. The van der Waals surface area contributed by atoms with Crippen molar-refractivity contribution in [3.63, 3.8) is 0 Å². The van der Waals surface area contributed by atoms with Gasteiger partial charge >= 0.3 is 0 Å². The zero-order valence-electron chi connectivity index (χ0n) is 61.2. The molecule has 13 atom stereocenters. The van der Waals surface area contributed by atoms with E-state index in [0.29, 0.717) is 54.8 Å². The Balaban J connectivity index is 0.000000142. The number of Topliss-reactive ketones (excluding diaryl/α,β-unsaturated/α-hetero) is 2. The Morgan fingerprint density at radius 2 is 0.943 bits per heavy atom. The SMILES string of the molecule is C=CC[C@H](C)[C@@H](C)S(=C)(=O)NC(=O)c1ccc2c(c1)N(C[C@@H]1CC[C@H]1[C@@H](O)C=C)C[C@@]1(CCCc3cc(Cl)ccc31)CO2.CC(=O)c1ccc2c(c1)N(C[C@@H]1CC[C@H]1C=O)C[C@@]1(CCCc3cc(Cl)ccc31)CO2.CC(=O)c1ccc2c(c1)N(C[C@@H]1CC[C@H]1C=O)C[C@@]1(CCCc3cc(Cl)ccc31)CO2. The van der Waals surface area contributed by atoms with Crippen molar-refractivity contribution < 1.29 is 47.5 Å². The van der Waals surface area contributed by atoms with Crippen molar-refractivity contribution in [2.75, 3.05) is 73.8 Å². The fourth-order valence-corrected chi connectivity index (χ4v) is 20.4. The lowest BCUT2D eigenvalue weighted by molar-refractivity contribution is -0.116. The number of halogens is 3. The quantitative estimate of drug-likeness (QED) is 0.0361. The fraction of sp³-hybridized carbons (Fsp3) is 0.471. The van der Waals surface area contributed by atoms with Gasteiger partial charge in [0, 0.05) is 104 Å². The van der Waals surface area contributed by atoms with Crippen molar-refractivity contribution in [2.45, 2.75) is 158 Å². The van der Waals surface area contributed by atoms with Crippen LogP contribution >= 0.6 is 34.8 Å². The summed E-state index contributed by atoms with van der Waals surface area (Å²) in [6.45, 7) is 21.1. The highest BCUT2D eigenvalue weighted by Gasteiger charge is 2.48. The van der Waals surface area contributed by atoms with E-state index in [1.165, 1.54) is 33.4 Å². The standard InChI is InChI=1S/C35H45ClN2O4S.2C26H28ClNO3/c1-6-9-23(3)24(4)43(5,41)37-34(40)26-12-16-33-31(19-26)38(20-27-11-14-29(27)32(39)7-2)21-35(22-42-33)17-8-10-25-18-28(36)13-15-30(25)35;2*1-17(30)18-6-9-25-24(12-18)28(13-20-4-5-21(20)14-29)15-26(16-31-25)10-2-3-19-11-22(27)7-8-23(19)26/h6-7,12-13,15-16,18-19,23-24,27,29,32,39H,1-2,5,8-11,14,17,20-22H2,3-4H3,(H,37,40,41);2*6-9,11-12,14,20-21H,2-5,10,13,15-16H2,1H3/t23-,24+,27-,29+,32-,35-,43?;2*20-,21-,26-/m000/s1. The Morgan fingerprint density at radius 1 is 0.562 bits per heavy atom. The molecular formula is C87H101Cl3N4O10S. The summed E-state index contributed by atoms with van der Waals surface area (Å²) in [7, 11) is -2.90. The number of aliphatic hydroxyl groups excluding tert-OH is 1. The molecule has 9 aliphatic rings. The van der Waals surface area contributed by atoms with E-state index >= 15 is 0 Å². The zero-order valence-corrected chi connectivity index (χ0v) is 64.3. The number of aldehydes is 2. The maximum atomic E-state index is 13.5. The van der Waals surface area contributed by atoms with Gasteiger partial charge in [0.05, 0.1) is 52.7 Å². The molecule has 6 aromatic rings. The normalized spacial score (nSPS) is 26.6. The molecule has 14 nitrogen and oxygen atoms in total. The lowest BCUT2D eigenvalue weighted by atomic mass is 9.68. The lowest BCUT2D eigenvalue weighted by Crippen LogP contribution is -2.49. The van der Waals surface area contributed by atoms with Crippen LogP contribution in [0, 0.1) is 41.4 Å². The van der Waals surface area contributed by atoms with Crippen LogP contribution in [-0.4, -0.2) is 116 Å². The number of carbonyl (C=O) groups is 5. The average molecular weight is 1500 g/mol. The monoisotopic (exact) mass is 1500 g/mol. The zero-order chi connectivity index (χ0) is 74.1. The molecule has 1 amide bonds. The van der Waals surface area contributed by atoms with Gasteiger partial charge in [0.2, 0.25) is 0 Å². The molecular weight excluding hydrogens is 1400 g/mol. The molecule has 0 radical (unpaired) electrons. The number of rotatable bonds is 18. The van der Waals surface area contributed by atoms with E-state index in [2.05, 4.69) is 74.8 Å². The number of ether oxygens (including phenoxy) is 3. The number of hydrogen-bond donors (Lipinski definition) is 2. The molecule has 105 heavy (non-hydrogen) atoms. The Labute approximate surface area is 635 Å². The molecule has 3 spiro atoms. The van der Waals surface area contributed by atoms with Crippen LogP contribution in [0.5, 0.6) is 17.2 Å². The number of aliphatic hydroxyl groups is 1. The molecule has 1 unspecified atom stereocenters. The predicted molar refractivity (Wildman–Crippen MR) is 424 cm³/mol. The highest BCUT2D eigenvalue weighted by molar-refractivity contribution is 7.99. The number of fused-ring (bicyclic) bond motifs is 9. The Morgan fingerprint density at radius 3 is 1.29 bits per heavy atom. The number of carbonyl (C=O) groups excluding carboxylic acids is 5. The van der Waals surface area contributed by atoms with E-state index < -0.39 is 21.7 Å². The summed E-state index contributed by atoms with van der Waals surface area (Å²) >= 11 is 19.0. The minimum Gasteiger partial charge on any atom is -0.490 e. The highest BCUT2D eigenvalue weighted by atomic mass is 35.5. The summed E-state index contributed by atoms with van der Waals surface area (Å²) in [5.41, 5.74) is 11.9. The van der Waals surface area contributed by atoms with Crippen LogP contribution in [0.15, 0.2) is 135 Å². The number of nitrogens with zero attached hydrogens (tertiary/aromatic N) is 3. The fourth-order valence-electron chi connectivity index (χ4n) is 18.4.